The molecule has 0 radical (unpaired) electrons. The molecule has 104 valence electrons. The molecule has 0 saturated heterocycles. The van der Waals surface area contributed by atoms with Crippen molar-refractivity contribution < 1.29 is 9.45 Å². The van der Waals surface area contributed by atoms with Crippen LogP contribution in [0.25, 0.3) is 22.6 Å². The van der Waals surface area contributed by atoms with Gasteiger partial charge < -0.3 is 4.52 Å². The fraction of sp³-hybridized carbons (Fsp3) is 0.0625. The van der Waals surface area contributed by atoms with Crippen molar-refractivity contribution in [3.63, 3.8) is 0 Å². The second-order valence-corrected chi connectivity index (χ2v) is 4.70. The molecule has 0 saturated carbocycles. The SMILES string of the molecule is Cc1ccc(-c2noc(-c3ccccc3)c2[N+](=O)[O-])cc1. The first kappa shape index (κ1) is 13.1. The smallest absolute Gasteiger partial charge is 0.344 e. The molecule has 0 atom stereocenters. The van der Waals surface area contributed by atoms with E-state index in [1.807, 2.05) is 25.1 Å². The van der Waals surface area contributed by atoms with Gasteiger partial charge >= 0.3 is 5.69 Å². The number of rotatable bonds is 3. The summed E-state index contributed by atoms with van der Waals surface area (Å²) in [5, 5.41) is 15.3. The third kappa shape index (κ3) is 2.41. The van der Waals surface area contributed by atoms with Crippen molar-refractivity contribution in [3.05, 3.63) is 70.3 Å². The first-order valence-electron chi connectivity index (χ1n) is 6.43. The topological polar surface area (TPSA) is 69.2 Å². The Morgan fingerprint density at radius 3 is 2.29 bits per heavy atom. The second-order valence-electron chi connectivity index (χ2n) is 4.70. The molecule has 0 aliphatic carbocycles. The highest BCUT2D eigenvalue weighted by Gasteiger charge is 2.28. The van der Waals surface area contributed by atoms with Crippen LogP contribution in [0.3, 0.4) is 0 Å². The summed E-state index contributed by atoms with van der Waals surface area (Å²) in [6, 6.07) is 16.3. The molecule has 0 aliphatic rings. The second kappa shape index (κ2) is 5.20. The lowest BCUT2D eigenvalue weighted by Crippen LogP contribution is -1.91. The molecular weight excluding hydrogens is 268 g/mol. The van der Waals surface area contributed by atoms with E-state index in [-0.39, 0.29) is 17.1 Å². The molecule has 21 heavy (non-hydrogen) atoms. The minimum Gasteiger partial charge on any atom is -0.348 e. The maximum absolute atomic E-state index is 11.4. The molecule has 1 heterocycles. The minimum absolute atomic E-state index is 0.106. The van der Waals surface area contributed by atoms with E-state index in [0.29, 0.717) is 11.1 Å². The van der Waals surface area contributed by atoms with Gasteiger partial charge in [-0.1, -0.05) is 65.3 Å². The highest BCUT2D eigenvalue weighted by atomic mass is 16.6. The zero-order valence-electron chi connectivity index (χ0n) is 11.3. The third-order valence-corrected chi connectivity index (χ3v) is 3.21. The highest BCUT2D eigenvalue weighted by molar-refractivity contribution is 5.80. The number of hydrogen-bond acceptors (Lipinski definition) is 4. The largest absolute Gasteiger partial charge is 0.348 e. The van der Waals surface area contributed by atoms with Gasteiger partial charge in [-0.15, -0.1) is 0 Å². The lowest BCUT2D eigenvalue weighted by atomic mass is 10.1. The molecule has 2 aromatic carbocycles. The molecule has 0 spiro atoms. The van der Waals surface area contributed by atoms with E-state index in [4.69, 9.17) is 4.52 Å². The van der Waals surface area contributed by atoms with Crippen LogP contribution < -0.4 is 0 Å². The maximum atomic E-state index is 11.4. The quantitative estimate of drug-likeness (QED) is 0.532. The molecule has 0 bridgehead atoms. The van der Waals surface area contributed by atoms with Crippen LogP contribution >= 0.6 is 0 Å². The van der Waals surface area contributed by atoms with E-state index in [1.54, 1.807) is 36.4 Å². The normalized spacial score (nSPS) is 10.5. The molecule has 3 aromatic rings. The third-order valence-electron chi connectivity index (χ3n) is 3.21. The predicted molar refractivity (Wildman–Crippen MR) is 78.8 cm³/mol. The van der Waals surface area contributed by atoms with E-state index in [1.165, 1.54) is 0 Å². The van der Waals surface area contributed by atoms with Gasteiger partial charge in [-0.05, 0) is 6.92 Å². The Labute approximate surface area is 121 Å². The van der Waals surface area contributed by atoms with Gasteiger partial charge in [0.05, 0.1) is 4.92 Å². The summed E-state index contributed by atoms with van der Waals surface area (Å²) in [5.74, 6) is 0.177. The first-order valence-corrected chi connectivity index (χ1v) is 6.43. The summed E-state index contributed by atoms with van der Waals surface area (Å²) in [4.78, 5) is 11.0. The molecule has 5 heteroatoms. The molecule has 0 fully saturated rings. The van der Waals surface area contributed by atoms with Crippen molar-refractivity contribution in [1.29, 1.82) is 0 Å². The molecule has 0 aliphatic heterocycles. The van der Waals surface area contributed by atoms with Crippen molar-refractivity contribution in [3.8, 4) is 22.6 Å². The molecule has 0 amide bonds. The molecule has 0 N–H and O–H groups in total. The number of benzene rings is 2. The fourth-order valence-corrected chi connectivity index (χ4v) is 2.13. The summed E-state index contributed by atoms with van der Waals surface area (Å²) in [7, 11) is 0. The fourth-order valence-electron chi connectivity index (χ4n) is 2.13. The predicted octanol–water partition coefficient (Wildman–Crippen LogP) is 4.23. The average molecular weight is 280 g/mol. The van der Waals surface area contributed by atoms with Crippen LogP contribution in [0.15, 0.2) is 59.1 Å². The number of nitrogens with zero attached hydrogens (tertiary/aromatic N) is 2. The summed E-state index contributed by atoms with van der Waals surface area (Å²) < 4.78 is 5.24. The van der Waals surface area contributed by atoms with Gasteiger partial charge in [0.1, 0.15) is 0 Å². The van der Waals surface area contributed by atoms with Gasteiger partial charge in [-0.25, -0.2) is 0 Å². The van der Waals surface area contributed by atoms with Crippen LogP contribution in [-0.2, 0) is 0 Å². The Balaban J connectivity index is 2.17. The van der Waals surface area contributed by atoms with Crippen LogP contribution in [-0.4, -0.2) is 10.1 Å². The zero-order chi connectivity index (χ0) is 14.8. The molecule has 0 unspecified atom stereocenters. The van der Waals surface area contributed by atoms with Crippen molar-refractivity contribution in [2.45, 2.75) is 6.92 Å². The van der Waals surface area contributed by atoms with Crippen LogP contribution in [0.1, 0.15) is 5.56 Å². The van der Waals surface area contributed by atoms with Crippen molar-refractivity contribution >= 4 is 5.69 Å². The van der Waals surface area contributed by atoms with Crippen molar-refractivity contribution in [2.24, 2.45) is 0 Å². The van der Waals surface area contributed by atoms with Gasteiger partial charge in [-0.2, -0.15) is 0 Å². The molecule has 1 aromatic heterocycles. The van der Waals surface area contributed by atoms with E-state index in [2.05, 4.69) is 5.16 Å². The number of aryl methyl sites for hydroxylation is 1. The Morgan fingerprint density at radius 1 is 1.00 bits per heavy atom. The van der Waals surface area contributed by atoms with E-state index < -0.39 is 4.92 Å². The van der Waals surface area contributed by atoms with E-state index in [9.17, 15) is 10.1 Å². The average Bonchev–Trinajstić information content (AvgIpc) is 2.94. The van der Waals surface area contributed by atoms with Crippen LogP contribution in [0.4, 0.5) is 5.69 Å². The maximum Gasteiger partial charge on any atom is 0.344 e. The van der Waals surface area contributed by atoms with Gasteiger partial charge in [0.15, 0.2) is 5.69 Å². The van der Waals surface area contributed by atoms with E-state index >= 15 is 0 Å². The monoisotopic (exact) mass is 280 g/mol. The van der Waals surface area contributed by atoms with Crippen molar-refractivity contribution in [2.75, 3.05) is 0 Å². The Bertz CT molecular complexity index is 777. The lowest BCUT2D eigenvalue weighted by Gasteiger charge is -1.98. The van der Waals surface area contributed by atoms with Gasteiger partial charge in [0.2, 0.25) is 5.76 Å². The minimum atomic E-state index is -0.450. The first-order chi connectivity index (χ1) is 10.2. The number of aromatic nitrogens is 1. The molecular formula is C16H12N2O3. The number of nitro groups is 1. The summed E-state index contributed by atoms with van der Waals surface area (Å²) in [6.45, 7) is 1.95. The summed E-state index contributed by atoms with van der Waals surface area (Å²) >= 11 is 0. The van der Waals surface area contributed by atoms with Crippen LogP contribution in [0.5, 0.6) is 0 Å². The van der Waals surface area contributed by atoms with Gasteiger partial charge in [0.25, 0.3) is 0 Å². The number of hydrogen-bond donors (Lipinski definition) is 0. The van der Waals surface area contributed by atoms with Crippen LogP contribution in [0.2, 0.25) is 0 Å². The highest BCUT2D eigenvalue weighted by Crippen LogP contribution is 2.38. The molecule has 3 rings (SSSR count). The van der Waals surface area contributed by atoms with Crippen molar-refractivity contribution in [1.82, 2.24) is 5.16 Å². The standard InChI is InChI=1S/C16H12N2O3/c1-11-7-9-12(10-8-11)14-15(18(19)20)16(21-17-14)13-5-3-2-4-6-13/h2-10H,1H3. The summed E-state index contributed by atoms with van der Waals surface area (Å²) in [5.41, 5.74) is 2.52. The molecule has 5 nitrogen and oxygen atoms in total. The van der Waals surface area contributed by atoms with Crippen LogP contribution in [0, 0.1) is 17.0 Å². The van der Waals surface area contributed by atoms with E-state index in [0.717, 1.165) is 5.56 Å². The Morgan fingerprint density at radius 2 is 1.67 bits per heavy atom. The summed E-state index contributed by atoms with van der Waals surface area (Å²) in [6.07, 6.45) is 0. The van der Waals surface area contributed by atoms with Gasteiger partial charge in [-0.3, -0.25) is 10.1 Å². The zero-order valence-corrected chi connectivity index (χ0v) is 11.3. The Kier molecular flexibility index (Phi) is 3.23. The van der Waals surface area contributed by atoms with Gasteiger partial charge in [0, 0.05) is 11.1 Å². The lowest BCUT2D eigenvalue weighted by molar-refractivity contribution is -0.383. The Hall–Kier alpha value is -2.95.